The van der Waals surface area contributed by atoms with Gasteiger partial charge in [0.25, 0.3) is 0 Å². The van der Waals surface area contributed by atoms with Gasteiger partial charge in [0.2, 0.25) is 5.88 Å². The van der Waals surface area contributed by atoms with E-state index in [2.05, 4.69) is 26.6 Å². The Morgan fingerprint density at radius 1 is 1.18 bits per heavy atom. The van der Waals surface area contributed by atoms with Crippen LogP contribution in [-0.4, -0.2) is 53.9 Å². The molecule has 0 atom stereocenters. The first-order chi connectivity index (χ1) is 19.1. The Hall–Kier alpha value is -4.48. The second-order valence-corrected chi connectivity index (χ2v) is 9.92. The Kier molecular flexibility index (Phi) is 7.17. The summed E-state index contributed by atoms with van der Waals surface area (Å²) in [6.07, 6.45) is 3.29. The first-order valence-electron chi connectivity index (χ1n) is 12.8. The predicted molar refractivity (Wildman–Crippen MR) is 145 cm³/mol. The highest BCUT2D eigenvalue weighted by Gasteiger charge is 2.33. The summed E-state index contributed by atoms with van der Waals surface area (Å²) in [4.78, 5) is 19.5. The number of aromatic nitrogens is 6. The van der Waals surface area contributed by atoms with E-state index in [1.54, 1.807) is 38.0 Å². The number of benzene rings is 1. The summed E-state index contributed by atoms with van der Waals surface area (Å²) < 4.78 is 46.3. The Balaban J connectivity index is 1.41. The zero-order valence-corrected chi connectivity index (χ0v) is 22.4. The lowest BCUT2D eigenvalue weighted by atomic mass is 10.1. The van der Waals surface area contributed by atoms with E-state index in [-0.39, 0.29) is 6.04 Å². The van der Waals surface area contributed by atoms with Crippen molar-refractivity contribution in [2.75, 3.05) is 7.11 Å². The van der Waals surface area contributed by atoms with Crippen LogP contribution >= 0.6 is 0 Å². The number of nitrogens with two attached hydrogens (primary N) is 1. The number of fused-ring (bicyclic) bond motifs is 1. The van der Waals surface area contributed by atoms with Crippen LogP contribution in [0.1, 0.15) is 49.4 Å². The molecular weight excluding hydrogens is 521 g/mol. The van der Waals surface area contributed by atoms with E-state index in [1.165, 1.54) is 11.2 Å². The number of nitrogens with zero attached hydrogens (tertiary/aromatic N) is 7. The van der Waals surface area contributed by atoms with Crippen molar-refractivity contribution < 1.29 is 17.9 Å². The number of allylic oxidation sites excluding steroid dienone is 1. The Bertz CT molecular complexity index is 1570. The van der Waals surface area contributed by atoms with Crippen LogP contribution in [0.4, 0.5) is 13.2 Å². The van der Waals surface area contributed by atoms with E-state index in [1.807, 2.05) is 24.3 Å². The summed E-state index contributed by atoms with van der Waals surface area (Å²) in [5.74, 6) is 1.25. The molecule has 1 fully saturated rings. The van der Waals surface area contributed by atoms with Crippen LogP contribution in [0.3, 0.4) is 0 Å². The SMILES string of the molecule is C=C(c1ccc(Cn2ncc3cnc(-c4c(OC)ncnc4C4CC4)nc32)cc1)N(/C=C(\N)C(F)(F)F)C(C)C. The molecule has 0 aliphatic heterocycles. The lowest BCUT2D eigenvalue weighted by Gasteiger charge is -2.28. The van der Waals surface area contributed by atoms with Crippen molar-refractivity contribution in [3.63, 3.8) is 0 Å². The molecule has 0 spiro atoms. The predicted octanol–water partition coefficient (Wildman–Crippen LogP) is 5.26. The molecule has 3 aromatic heterocycles. The molecule has 1 aliphatic rings. The summed E-state index contributed by atoms with van der Waals surface area (Å²) >= 11 is 0. The molecule has 0 unspecified atom stereocenters. The molecule has 1 saturated carbocycles. The van der Waals surface area contributed by atoms with Crippen LogP contribution in [-0.2, 0) is 6.54 Å². The zero-order valence-electron chi connectivity index (χ0n) is 22.4. The highest BCUT2D eigenvalue weighted by atomic mass is 19.4. The maximum Gasteiger partial charge on any atom is 0.432 e. The highest BCUT2D eigenvalue weighted by molar-refractivity contribution is 5.77. The number of methoxy groups -OCH3 is 1. The minimum Gasteiger partial charge on any atom is -0.480 e. The second kappa shape index (κ2) is 10.6. The van der Waals surface area contributed by atoms with Crippen LogP contribution in [0, 0.1) is 0 Å². The summed E-state index contributed by atoms with van der Waals surface area (Å²) in [6, 6.07) is 7.09. The number of rotatable bonds is 9. The molecule has 40 heavy (non-hydrogen) atoms. The van der Waals surface area contributed by atoms with Crippen molar-refractivity contribution in [2.45, 2.75) is 51.4 Å². The average Bonchev–Trinajstić information content (AvgIpc) is 3.71. The summed E-state index contributed by atoms with van der Waals surface area (Å²) in [6.45, 7) is 7.96. The monoisotopic (exact) mass is 550 g/mol. The molecule has 2 N–H and O–H groups in total. The van der Waals surface area contributed by atoms with Gasteiger partial charge in [0.1, 0.15) is 17.6 Å². The average molecular weight is 551 g/mol. The van der Waals surface area contributed by atoms with Gasteiger partial charge in [0.05, 0.1) is 30.9 Å². The summed E-state index contributed by atoms with van der Waals surface area (Å²) in [5, 5.41) is 5.28. The van der Waals surface area contributed by atoms with Gasteiger partial charge in [-0.2, -0.15) is 18.3 Å². The smallest absolute Gasteiger partial charge is 0.432 e. The maximum atomic E-state index is 13.0. The van der Waals surface area contributed by atoms with Gasteiger partial charge >= 0.3 is 6.18 Å². The molecule has 5 rings (SSSR count). The van der Waals surface area contributed by atoms with E-state index >= 15 is 0 Å². The van der Waals surface area contributed by atoms with Crippen molar-refractivity contribution in [1.82, 2.24) is 34.6 Å². The van der Waals surface area contributed by atoms with Crippen molar-refractivity contribution in [2.24, 2.45) is 5.73 Å². The normalized spacial score (nSPS) is 14.1. The molecule has 0 amide bonds. The van der Waals surface area contributed by atoms with Gasteiger partial charge in [-0.15, -0.1) is 0 Å². The van der Waals surface area contributed by atoms with Gasteiger partial charge in [-0.1, -0.05) is 30.8 Å². The van der Waals surface area contributed by atoms with Crippen molar-refractivity contribution >= 4 is 16.7 Å². The van der Waals surface area contributed by atoms with Crippen molar-refractivity contribution in [1.29, 1.82) is 0 Å². The fourth-order valence-corrected chi connectivity index (χ4v) is 4.40. The van der Waals surface area contributed by atoms with E-state index in [9.17, 15) is 13.2 Å². The summed E-state index contributed by atoms with van der Waals surface area (Å²) in [7, 11) is 1.56. The topological polar surface area (TPSA) is 108 Å². The number of alkyl halides is 3. The van der Waals surface area contributed by atoms with Crippen molar-refractivity contribution in [3.05, 3.63) is 78.3 Å². The van der Waals surface area contributed by atoms with Crippen LogP contribution in [0.2, 0.25) is 0 Å². The lowest BCUT2D eigenvalue weighted by molar-refractivity contribution is -0.0936. The third-order valence-electron chi connectivity index (χ3n) is 6.69. The molecule has 1 aliphatic carbocycles. The number of hydrogen-bond acceptors (Lipinski definition) is 8. The van der Waals surface area contributed by atoms with Gasteiger partial charge in [-0.25, -0.2) is 24.6 Å². The van der Waals surface area contributed by atoms with Gasteiger partial charge in [-0.05, 0) is 37.8 Å². The van der Waals surface area contributed by atoms with Gasteiger partial charge in [-0.3, -0.25) is 0 Å². The minimum atomic E-state index is -4.62. The fourth-order valence-electron chi connectivity index (χ4n) is 4.40. The van der Waals surface area contributed by atoms with Crippen LogP contribution in [0.15, 0.2) is 61.5 Å². The quantitative estimate of drug-likeness (QED) is 0.301. The molecule has 4 aromatic rings. The summed E-state index contributed by atoms with van der Waals surface area (Å²) in [5.41, 5.74) is 8.29. The molecule has 12 heteroatoms. The van der Waals surface area contributed by atoms with Crippen LogP contribution in [0.25, 0.3) is 28.1 Å². The zero-order chi connectivity index (χ0) is 28.6. The molecule has 0 bridgehead atoms. The third kappa shape index (κ3) is 5.47. The minimum absolute atomic E-state index is 0.286. The fraction of sp³-hybridized carbons (Fsp3) is 0.321. The van der Waals surface area contributed by atoms with Gasteiger partial charge in [0.15, 0.2) is 11.5 Å². The molecule has 1 aromatic carbocycles. The maximum absolute atomic E-state index is 13.0. The number of ether oxygens (including phenoxy) is 1. The van der Waals surface area contributed by atoms with Crippen LogP contribution in [0.5, 0.6) is 5.88 Å². The number of hydrogen-bond donors (Lipinski definition) is 1. The molecular formula is C28H29F3N8O. The standard InChI is InChI=1S/C28H29F3N8O/c1-16(2)38(14-22(32)28(29,30)31)17(3)19-7-5-18(6-8-19)13-39-26-21(12-36-39)11-33-25(37-26)23-24(20-9-10-20)34-15-35-27(23)40-4/h5-8,11-12,14-16,20H,3,9-10,13,32H2,1-2,4H3/b22-14-. The Labute approximate surface area is 229 Å². The van der Waals surface area contributed by atoms with E-state index in [0.29, 0.717) is 46.6 Å². The third-order valence-corrected chi connectivity index (χ3v) is 6.69. The Morgan fingerprint density at radius 3 is 2.52 bits per heavy atom. The molecule has 9 nitrogen and oxygen atoms in total. The largest absolute Gasteiger partial charge is 0.480 e. The van der Waals surface area contributed by atoms with Gasteiger partial charge < -0.3 is 15.4 Å². The molecule has 0 saturated heterocycles. The second-order valence-electron chi connectivity index (χ2n) is 9.92. The molecule has 208 valence electrons. The molecule has 0 radical (unpaired) electrons. The highest BCUT2D eigenvalue weighted by Crippen LogP contribution is 2.44. The first kappa shape index (κ1) is 27.1. The number of halogens is 3. The lowest BCUT2D eigenvalue weighted by Crippen LogP contribution is -2.28. The first-order valence-corrected chi connectivity index (χ1v) is 12.8. The van der Waals surface area contributed by atoms with Gasteiger partial charge in [0, 0.05) is 30.1 Å². The Morgan fingerprint density at radius 2 is 1.90 bits per heavy atom. The van der Waals surface area contributed by atoms with E-state index < -0.39 is 11.9 Å². The van der Waals surface area contributed by atoms with Crippen molar-refractivity contribution in [3.8, 4) is 17.3 Å². The van der Waals surface area contributed by atoms with E-state index in [4.69, 9.17) is 15.5 Å². The molecule has 3 heterocycles. The van der Waals surface area contributed by atoms with E-state index in [0.717, 1.165) is 35.7 Å². The van der Waals surface area contributed by atoms with Crippen LogP contribution < -0.4 is 10.5 Å².